The number of ether oxygens (including phenoxy) is 1. The Labute approximate surface area is 118 Å². The normalized spacial score (nSPS) is 19.9. The summed E-state index contributed by atoms with van der Waals surface area (Å²) in [7, 11) is 0. The molecule has 1 unspecified atom stereocenters. The van der Waals surface area contributed by atoms with Crippen LogP contribution < -0.4 is 0 Å². The number of nitrogens with zero attached hydrogens (tertiary/aromatic N) is 2. The first-order chi connectivity index (χ1) is 9.69. The summed E-state index contributed by atoms with van der Waals surface area (Å²) < 4.78 is 5.05. The number of rotatable bonds is 3. The largest absolute Gasteiger partial charge is 0.449 e. The average Bonchev–Trinajstić information content (AvgIpc) is 2.47. The molecule has 1 aliphatic rings. The standard InChI is InChI=1S/C16H16N2O2/c1-3-10-16(12-17)14-8-6-5-7-13(14)9-11-18(16)15(19)20-4-2/h3,5-9,11H,1,4,10H2,2H3. The molecule has 0 bridgehead atoms. The van der Waals surface area contributed by atoms with Gasteiger partial charge in [-0.15, -0.1) is 6.58 Å². The quantitative estimate of drug-likeness (QED) is 0.789. The third-order valence-corrected chi connectivity index (χ3v) is 3.31. The van der Waals surface area contributed by atoms with Crippen molar-refractivity contribution in [2.24, 2.45) is 0 Å². The summed E-state index contributed by atoms with van der Waals surface area (Å²) in [6.45, 7) is 5.71. The molecule has 0 saturated carbocycles. The Kier molecular flexibility index (Phi) is 3.90. The lowest BCUT2D eigenvalue weighted by Crippen LogP contribution is -2.47. The molecule has 1 aromatic carbocycles. The van der Waals surface area contributed by atoms with Crippen molar-refractivity contribution in [1.82, 2.24) is 4.90 Å². The van der Waals surface area contributed by atoms with E-state index < -0.39 is 11.6 Å². The van der Waals surface area contributed by atoms with Gasteiger partial charge in [-0.3, -0.25) is 4.90 Å². The third-order valence-electron chi connectivity index (χ3n) is 3.31. The highest BCUT2D eigenvalue weighted by atomic mass is 16.6. The van der Waals surface area contributed by atoms with Crippen molar-refractivity contribution in [1.29, 1.82) is 5.26 Å². The van der Waals surface area contributed by atoms with Crippen LogP contribution in [0.15, 0.2) is 43.1 Å². The van der Waals surface area contributed by atoms with E-state index in [2.05, 4.69) is 12.6 Å². The summed E-state index contributed by atoms with van der Waals surface area (Å²) in [5.74, 6) is 0. The summed E-state index contributed by atoms with van der Waals surface area (Å²) in [5.41, 5.74) is 0.619. The molecule has 1 heterocycles. The zero-order chi connectivity index (χ0) is 14.6. The molecule has 0 aliphatic carbocycles. The van der Waals surface area contributed by atoms with Crippen LogP contribution in [0.3, 0.4) is 0 Å². The van der Waals surface area contributed by atoms with Gasteiger partial charge in [0, 0.05) is 18.2 Å². The topological polar surface area (TPSA) is 53.3 Å². The van der Waals surface area contributed by atoms with E-state index in [4.69, 9.17) is 4.74 Å². The second-order valence-electron chi connectivity index (χ2n) is 4.44. The first-order valence-corrected chi connectivity index (χ1v) is 6.45. The van der Waals surface area contributed by atoms with E-state index in [1.54, 1.807) is 19.2 Å². The number of hydrogen-bond acceptors (Lipinski definition) is 3. The molecular formula is C16H16N2O2. The minimum atomic E-state index is -1.10. The lowest BCUT2D eigenvalue weighted by atomic mass is 9.81. The Morgan fingerprint density at radius 1 is 1.55 bits per heavy atom. The van der Waals surface area contributed by atoms with Crippen LogP contribution in [0.2, 0.25) is 0 Å². The Bertz CT molecular complexity index is 601. The highest BCUT2D eigenvalue weighted by Crippen LogP contribution is 2.39. The Balaban J connectivity index is 2.58. The van der Waals surface area contributed by atoms with Crippen molar-refractivity contribution >= 4 is 12.2 Å². The van der Waals surface area contributed by atoms with Crippen LogP contribution >= 0.6 is 0 Å². The maximum atomic E-state index is 12.1. The fraction of sp³-hybridized carbons (Fsp3) is 0.250. The number of fused-ring (bicyclic) bond motifs is 1. The average molecular weight is 268 g/mol. The van der Waals surface area contributed by atoms with Crippen molar-refractivity contribution in [3.05, 3.63) is 54.2 Å². The zero-order valence-corrected chi connectivity index (χ0v) is 11.4. The van der Waals surface area contributed by atoms with Crippen molar-refractivity contribution < 1.29 is 9.53 Å². The highest BCUT2D eigenvalue weighted by molar-refractivity contribution is 5.76. The van der Waals surface area contributed by atoms with Gasteiger partial charge in [0.1, 0.15) is 0 Å². The second kappa shape index (κ2) is 5.62. The van der Waals surface area contributed by atoms with Gasteiger partial charge in [-0.25, -0.2) is 4.79 Å². The van der Waals surface area contributed by atoms with E-state index in [9.17, 15) is 10.1 Å². The monoisotopic (exact) mass is 268 g/mol. The van der Waals surface area contributed by atoms with Gasteiger partial charge in [-0.2, -0.15) is 5.26 Å². The van der Waals surface area contributed by atoms with Gasteiger partial charge in [0.2, 0.25) is 0 Å². The molecule has 0 N–H and O–H groups in total. The molecule has 0 saturated heterocycles. The predicted molar refractivity (Wildman–Crippen MR) is 76.4 cm³/mol. The van der Waals surface area contributed by atoms with Crippen LogP contribution in [0.25, 0.3) is 6.08 Å². The van der Waals surface area contributed by atoms with Crippen LogP contribution in [-0.2, 0) is 10.3 Å². The fourth-order valence-corrected chi connectivity index (χ4v) is 2.42. The molecular weight excluding hydrogens is 252 g/mol. The highest BCUT2D eigenvalue weighted by Gasteiger charge is 2.43. The molecule has 1 aromatic rings. The minimum absolute atomic E-state index is 0.264. The predicted octanol–water partition coefficient (Wildman–Crippen LogP) is 3.42. The molecule has 4 nitrogen and oxygen atoms in total. The van der Waals surface area contributed by atoms with E-state index >= 15 is 0 Å². The maximum absolute atomic E-state index is 12.1. The Morgan fingerprint density at radius 3 is 2.95 bits per heavy atom. The summed E-state index contributed by atoms with van der Waals surface area (Å²) >= 11 is 0. The van der Waals surface area contributed by atoms with Crippen molar-refractivity contribution in [3.8, 4) is 6.07 Å². The number of hydrogen-bond donors (Lipinski definition) is 0. The summed E-state index contributed by atoms with van der Waals surface area (Å²) in [5, 5.41) is 9.73. The van der Waals surface area contributed by atoms with E-state index in [-0.39, 0.29) is 6.61 Å². The van der Waals surface area contributed by atoms with E-state index in [0.29, 0.717) is 6.42 Å². The van der Waals surface area contributed by atoms with Crippen LogP contribution in [0.5, 0.6) is 0 Å². The number of carbonyl (C=O) groups excluding carboxylic acids is 1. The molecule has 0 fully saturated rings. The number of benzene rings is 1. The Morgan fingerprint density at radius 2 is 2.30 bits per heavy atom. The SMILES string of the molecule is C=CCC1(C#N)c2ccccc2C=CN1C(=O)OCC. The third kappa shape index (κ3) is 2.08. The van der Waals surface area contributed by atoms with Crippen molar-refractivity contribution in [2.45, 2.75) is 18.9 Å². The molecule has 0 aromatic heterocycles. The first-order valence-electron chi connectivity index (χ1n) is 6.45. The lowest BCUT2D eigenvalue weighted by Gasteiger charge is -2.38. The smallest absolute Gasteiger partial charge is 0.415 e. The summed E-state index contributed by atoms with van der Waals surface area (Å²) in [6, 6.07) is 9.81. The zero-order valence-electron chi connectivity index (χ0n) is 11.4. The molecule has 0 spiro atoms. The number of carbonyl (C=O) groups is 1. The van der Waals surface area contributed by atoms with E-state index in [0.717, 1.165) is 11.1 Å². The molecule has 1 aliphatic heterocycles. The molecule has 4 heteroatoms. The van der Waals surface area contributed by atoms with Gasteiger partial charge in [0.25, 0.3) is 0 Å². The van der Waals surface area contributed by atoms with Gasteiger partial charge < -0.3 is 4.74 Å². The maximum Gasteiger partial charge on any atom is 0.415 e. The molecule has 2 rings (SSSR count). The molecule has 0 radical (unpaired) electrons. The van der Waals surface area contributed by atoms with Crippen LogP contribution in [-0.4, -0.2) is 17.6 Å². The first kappa shape index (κ1) is 13.9. The number of nitriles is 1. The lowest BCUT2D eigenvalue weighted by molar-refractivity contribution is 0.0944. The second-order valence-corrected chi connectivity index (χ2v) is 4.44. The van der Waals surface area contributed by atoms with E-state index in [1.807, 2.05) is 30.3 Å². The van der Waals surface area contributed by atoms with Crippen LogP contribution in [0.4, 0.5) is 4.79 Å². The van der Waals surface area contributed by atoms with Crippen molar-refractivity contribution in [2.75, 3.05) is 6.61 Å². The molecule has 102 valence electrons. The summed E-state index contributed by atoms with van der Waals surface area (Å²) in [4.78, 5) is 13.5. The minimum Gasteiger partial charge on any atom is -0.449 e. The molecule has 1 amide bonds. The van der Waals surface area contributed by atoms with Gasteiger partial charge in [-0.1, -0.05) is 30.3 Å². The van der Waals surface area contributed by atoms with Crippen LogP contribution in [0, 0.1) is 11.3 Å². The summed E-state index contributed by atoms with van der Waals surface area (Å²) in [6.07, 6.45) is 4.87. The fourth-order valence-electron chi connectivity index (χ4n) is 2.42. The van der Waals surface area contributed by atoms with Crippen LogP contribution in [0.1, 0.15) is 24.5 Å². The van der Waals surface area contributed by atoms with Crippen molar-refractivity contribution in [3.63, 3.8) is 0 Å². The molecule has 1 atom stereocenters. The van der Waals surface area contributed by atoms with Gasteiger partial charge in [0.15, 0.2) is 5.54 Å². The van der Waals surface area contributed by atoms with Gasteiger partial charge in [0.05, 0.1) is 12.7 Å². The van der Waals surface area contributed by atoms with Gasteiger partial charge in [-0.05, 0) is 18.6 Å². The van der Waals surface area contributed by atoms with E-state index in [1.165, 1.54) is 4.90 Å². The Hall–Kier alpha value is -2.54. The molecule has 20 heavy (non-hydrogen) atoms. The van der Waals surface area contributed by atoms with Gasteiger partial charge >= 0.3 is 6.09 Å². The number of amides is 1.